The number of nitrogens with zero attached hydrogens (tertiary/aromatic N) is 2. The first-order valence-corrected chi connectivity index (χ1v) is 6.45. The van der Waals surface area contributed by atoms with Crippen molar-refractivity contribution in [3.8, 4) is 0 Å². The monoisotopic (exact) mass is 270 g/mol. The Morgan fingerprint density at radius 2 is 1.80 bits per heavy atom. The van der Waals surface area contributed by atoms with Gasteiger partial charge < -0.3 is 10.6 Å². The number of rotatable bonds is 3. The van der Waals surface area contributed by atoms with Crippen LogP contribution in [0.2, 0.25) is 0 Å². The van der Waals surface area contributed by atoms with Crippen LogP contribution in [0, 0.1) is 20.8 Å². The van der Waals surface area contributed by atoms with Gasteiger partial charge in [-0.05, 0) is 31.9 Å². The SMILES string of the molecule is Cc1cnc(CNC(=O)Nc2c(C)cccc2C)cn1. The van der Waals surface area contributed by atoms with E-state index in [0.717, 1.165) is 28.2 Å². The molecule has 2 aromatic rings. The lowest BCUT2D eigenvalue weighted by Gasteiger charge is -2.12. The third-order valence-electron chi connectivity index (χ3n) is 2.98. The van der Waals surface area contributed by atoms with Gasteiger partial charge in [0, 0.05) is 11.9 Å². The average Bonchev–Trinajstić information content (AvgIpc) is 2.42. The summed E-state index contributed by atoms with van der Waals surface area (Å²) in [6.07, 6.45) is 3.34. The summed E-state index contributed by atoms with van der Waals surface area (Å²) >= 11 is 0. The quantitative estimate of drug-likeness (QED) is 0.901. The maximum atomic E-state index is 11.9. The summed E-state index contributed by atoms with van der Waals surface area (Å²) in [5.41, 5.74) is 4.51. The van der Waals surface area contributed by atoms with Crippen LogP contribution in [0.4, 0.5) is 10.5 Å². The van der Waals surface area contributed by atoms with Gasteiger partial charge in [-0.15, -0.1) is 0 Å². The van der Waals surface area contributed by atoms with E-state index in [2.05, 4.69) is 20.6 Å². The number of hydrogen-bond acceptors (Lipinski definition) is 3. The number of anilines is 1. The molecule has 0 aliphatic heterocycles. The molecule has 2 N–H and O–H groups in total. The fraction of sp³-hybridized carbons (Fsp3) is 0.267. The van der Waals surface area contributed by atoms with Crippen molar-refractivity contribution in [3.05, 3.63) is 53.1 Å². The summed E-state index contributed by atoms with van der Waals surface area (Å²) in [5.74, 6) is 0. The third-order valence-corrected chi connectivity index (χ3v) is 2.98. The van der Waals surface area contributed by atoms with Gasteiger partial charge in [-0.2, -0.15) is 0 Å². The number of amides is 2. The number of nitrogens with one attached hydrogen (secondary N) is 2. The molecule has 0 spiro atoms. The molecule has 0 bridgehead atoms. The Bertz CT molecular complexity index is 588. The van der Waals surface area contributed by atoms with E-state index in [1.807, 2.05) is 39.0 Å². The Morgan fingerprint density at radius 1 is 1.10 bits per heavy atom. The normalized spacial score (nSPS) is 10.2. The fourth-order valence-corrected chi connectivity index (χ4v) is 1.85. The summed E-state index contributed by atoms with van der Waals surface area (Å²) in [5, 5.41) is 5.63. The van der Waals surface area contributed by atoms with Crippen LogP contribution in [0.5, 0.6) is 0 Å². The first kappa shape index (κ1) is 14.0. The maximum absolute atomic E-state index is 11.9. The molecule has 0 aliphatic rings. The van der Waals surface area contributed by atoms with Crippen molar-refractivity contribution in [1.82, 2.24) is 15.3 Å². The van der Waals surface area contributed by atoms with Crippen LogP contribution in [0.15, 0.2) is 30.6 Å². The van der Waals surface area contributed by atoms with E-state index in [4.69, 9.17) is 0 Å². The molecule has 20 heavy (non-hydrogen) atoms. The largest absolute Gasteiger partial charge is 0.332 e. The van der Waals surface area contributed by atoms with Crippen molar-refractivity contribution in [3.63, 3.8) is 0 Å². The van der Waals surface area contributed by atoms with Gasteiger partial charge in [-0.3, -0.25) is 9.97 Å². The van der Waals surface area contributed by atoms with E-state index in [1.54, 1.807) is 12.4 Å². The Balaban J connectivity index is 1.94. The number of hydrogen-bond donors (Lipinski definition) is 2. The number of urea groups is 1. The van der Waals surface area contributed by atoms with Crippen molar-refractivity contribution in [2.75, 3.05) is 5.32 Å². The smallest absolute Gasteiger partial charge is 0.319 e. The number of benzene rings is 1. The van der Waals surface area contributed by atoms with Gasteiger partial charge in [-0.25, -0.2) is 4.79 Å². The summed E-state index contributed by atoms with van der Waals surface area (Å²) < 4.78 is 0. The molecule has 0 saturated heterocycles. The highest BCUT2D eigenvalue weighted by atomic mass is 16.2. The topological polar surface area (TPSA) is 66.9 Å². The second-order valence-electron chi connectivity index (χ2n) is 4.72. The molecule has 0 radical (unpaired) electrons. The van der Waals surface area contributed by atoms with Crippen LogP contribution >= 0.6 is 0 Å². The van der Waals surface area contributed by atoms with Crippen LogP contribution in [0.1, 0.15) is 22.5 Å². The summed E-state index contributed by atoms with van der Waals surface area (Å²) in [7, 11) is 0. The van der Waals surface area contributed by atoms with Gasteiger partial charge in [0.05, 0.1) is 24.1 Å². The van der Waals surface area contributed by atoms with E-state index in [9.17, 15) is 4.79 Å². The highest BCUT2D eigenvalue weighted by Crippen LogP contribution is 2.18. The fourth-order valence-electron chi connectivity index (χ4n) is 1.85. The Labute approximate surface area is 118 Å². The Hall–Kier alpha value is -2.43. The van der Waals surface area contributed by atoms with Crippen LogP contribution in [-0.2, 0) is 6.54 Å². The van der Waals surface area contributed by atoms with Crippen molar-refractivity contribution in [1.29, 1.82) is 0 Å². The lowest BCUT2D eigenvalue weighted by molar-refractivity contribution is 0.251. The minimum absolute atomic E-state index is 0.246. The first-order chi connectivity index (χ1) is 9.56. The predicted octanol–water partition coefficient (Wildman–Crippen LogP) is 2.72. The second-order valence-corrected chi connectivity index (χ2v) is 4.72. The van der Waals surface area contributed by atoms with Crippen LogP contribution < -0.4 is 10.6 Å². The van der Waals surface area contributed by atoms with Gasteiger partial charge in [0.1, 0.15) is 0 Å². The predicted molar refractivity (Wildman–Crippen MR) is 78.5 cm³/mol. The molecule has 2 rings (SSSR count). The molecule has 0 atom stereocenters. The molecule has 2 amide bonds. The Morgan fingerprint density at radius 3 is 2.40 bits per heavy atom. The molecule has 5 nitrogen and oxygen atoms in total. The average molecular weight is 270 g/mol. The molecule has 1 aromatic carbocycles. The van der Waals surface area contributed by atoms with Crippen molar-refractivity contribution in [2.24, 2.45) is 0 Å². The van der Waals surface area contributed by atoms with Crippen molar-refractivity contribution < 1.29 is 4.79 Å². The zero-order valence-electron chi connectivity index (χ0n) is 11.9. The van der Waals surface area contributed by atoms with Gasteiger partial charge in [0.15, 0.2) is 0 Å². The molecule has 1 heterocycles. The molecular formula is C15H18N4O. The molecule has 0 unspecified atom stereocenters. The molecule has 1 aromatic heterocycles. The zero-order chi connectivity index (χ0) is 14.5. The number of aryl methyl sites for hydroxylation is 3. The minimum atomic E-state index is -0.246. The molecule has 0 fully saturated rings. The maximum Gasteiger partial charge on any atom is 0.319 e. The lowest BCUT2D eigenvalue weighted by atomic mass is 10.1. The van der Waals surface area contributed by atoms with Gasteiger partial charge in [0.2, 0.25) is 0 Å². The number of aromatic nitrogens is 2. The van der Waals surface area contributed by atoms with E-state index >= 15 is 0 Å². The van der Waals surface area contributed by atoms with Gasteiger partial charge in [-0.1, -0.05) is 18.2 Å². The van der Waals surface area contributed by atoms with Crippen LogP contribution in [-0.4, -0.2) is 16.0 Å². The first-order valence-electron chi connectivity index (χ1n) is 6.45. The molecule has 104 valence electrons. The van der Waals surface area contributed by atoms with E-state index in [1.165, 1.54) is 0 Å². The summed E-state index contributed by atoms with van der Waals surface area (Å²) in [6, 6.07) is 5.65. The van der Waals surface area contributed by atoms with Crippen molar-refractivity contribution in [2.45, 2.75) is 27.3 Å². The molecular weight excluding hydrogens is 252 g/mol. The van der Waals surface area contributed by atoms with E-state index in [0.29, 0.717) is 6.54 Å². The molecule has 0 saturated carbocycles. The standard InChI is InChI=1S/C15H18N4O/c1-10-5-4-6-11(2)14(10)19-15(20)18-9-13-8-16-12(3)7-17-13/h4-8H,9H2,1-3H3,(H2,18,19,20). The summed E-state index contributed by atoms with van der Waals surface area (Å²) in [4.78, 5) is 20.2. The lowest BCUT2D eigenvalue weighted by Crippen LogP contribution is -2.29. The van der Waals surface area contributed by atoms with Crippen LogP contribution in [0.25, 0.3) is 0 Å². The van der Waals surface area contributed by atoms with Crippen molar-refractivity contribution >= 4 is 11.7 Å². The highest BCUT2D eigenvalue weighted by molar-refractivity contribution is 5.90. The number of carbonyl (C=O) groups excluding carboxylic acids is 1. The van der Waals surface area contributed by atoms with Gasteiger partial charge in [0.25, 0.3) is 0 Å². The van der Waals surface area contributed by atoms with Crippen LogP contribution in [0.3, 0.4) is 0 Å². The number of carbonyl (C=O) groups is 1. The molecule has 5 heteroatoms. The van der Waals surface area contributed by atoms with E-state index in [-0.39, 0.29) is 6.03 Å². The summed E-state index contributed by atoms with van der Waals surface area (Å²) in [6.45, 7) is 6.16. The highest BCUT2D eigenvalue weighted by Gasteiger charge is 2.06. The van der Waals surface area contributed by atoms with Gasteiger partial charge >= 0.3 is 6.03 Å². The zero-order valence-corrected chi connectivity index (χ0v) is 11.9. The number of para-hydroxylation sites is 1. The Kier molecular flexibility index (Phi) is 4.30. The third kappa shape index (κ3) is 3.54. The molecule has 0 aliphatic carbocycles. The van der Waals surface area contributed by atoms with E-state index < -0.39 is 0 Å². The second kappa shape index (κ2) is 6.14. The minimum Gasteiger partial charge on any atom is -0.332 e.